The van der Waals surface area contributed by atoms with Crippen LogP contribution in [-0.4, -0.2) is 26.3 Å². The smallest absolute Gasteiger partial charge is 0.293 e. The van der Waals surface area contributed by atoms with Crippen molar-refractivity contribution in [3.05, 3.63) is 44.8 Å². The number of halogens is 1. The number of Topliss-reactive ketones (excluding diaryl/α,β-unsaturated/α-hetero) is 1. The second kappa shape index (κ2) is 6.21. The first-order chi connectivity index (χ1) is 9.11. The van der Waals surface area contributed by atoms with E-state index >= 15 is 0 Å². The Kier molecular flexibility index (Phi) is 4.60. The van der Waals surface area contributed by atoms with Gasteiger partial charge < -0.3 is 0 Å². The lowest BCUT2D eigenvalue weighted by atomic mass is 10.2. The first kappa shape index (κ1) is 14.1. The quantitative estimate of drug-likeness (QED) is 0.669. The second-order valence-corrected chi connectivity index (χ2v) is 5.63. The number of aromatic nitrogens is 3. The van der Waals surface area contributed by atoms with E-state index in [-0.39, 0.29) is 17.2 Å². The number of benzene rings is 1. The van der Waals surface area contributed by atoms with E-state index in [9.17, 15) is 9.59 Å². The monoisotopic (exact) mass is 341 g/mol. The molecule has 19 heavy (non-hydrogen) atoms. The normalized spacial score (nSPS) is 10.6. The zero-order valence-corrected chi connectivity index (χ0v) is 12.6. The maximum Gasteiger partial charge on any atom is 0.343 e. The van der Waals surface area contributed by atoms with Crippen LogP contribution in [0.25, 0.3) is 0 Å². The standard InChI is InChI=1S/C12H12BrN3O2S/c1-2-16-11(18)14-15-12(16)19-7-10(17)8-3-5-9(13)6-4-8/h3-6H,2,7H2,1H3,(H,14,18). The molecular weight excluding hydrogens is 330 g/mol. The number of H-pyrrole nitrogens is 1. The number of hydrogen-bond acceptors (Lipinski definition) is 4. The fourth-order valence-corrected chi connectivity index (χ4v) is 2.71. The highest BCUT2D eigenvalue weighted by atomic mass is 79.9. The summed E-state index contributed by atoms with van der Waals surface area (Å²) in [4.78, 5) is 23.3. The van der Waals surface area contributed by atoms with Crippen molar-refractivity contribution in [2.75, 3.05) is 5.75 Å². The van der Waals surface area contributed by atoms with Crippen molar-refractivity contribution >= 4 is 33.5 Å². The van der Waals surface area contributed by atoms with Gasteiger partial charge in [-0.05, 0) is 19.1 Å². The van der Waals surface area contributed by atoms with Crippen LogP contribution in [0.3, 0.4) is 0 Å². The molecule has 0 aliphatic heterocycles. The van der Waals surface area contributed by atoms with Crippen molar-refractivity contribution in [3.8, 4) is 0 Å². The molecule has 100 valence electrons. The zero-order chi connectivity index (χ0) is 13.8. The molecule has 0 aliphatic rings. The van der Waals surface area contributed by atoms with Gasteiger partial charge in [0.1, 0.15) is 0 Å². The van der Waals surface area contributed by atoms with Gasteiger partial charge in [-0.15, -0.1) is 5.10 Å². The largest absolute Gasteiger partial charge is 0.343 e. The van der Waals surface area contributed by atoms with Crippen LogP contribution >= 0.6 is 27.7 Å². The molecule has 2 aromatic rings. The van der Waals surface area contributed by atoms with E-state index in [1.165, 1.54) is 16.3 Å². The highest BCUT2D eigenvalue weighted by Gasteiger charge is 2.11. The number of aromatic amines is 1. The maximum atomic E-state index is 12.0. The van der Waals surface area contributed by atoms with Crippen molar-refractivity contribution < 1.29 is 4.79 Å². The molecule has 2 rings (SSSR count). The summed E-state index contributed by atoms with van der Waals surface area (Å²) in [6.45, 7) is 2.39. The highest BCUT2D eigenvalue weighted by molar-refractivity contribution is 9.10. The Balaban J connectivity index is 2.04. The van der Waals surface area contributed by atoms with Crippen LogP contribution < -0.4 is 5.69 Å². The van der Waals surface area contributed by atoms with Gasteiger partial charge in [0.25, 0.3) is 0 Å². The molecule has 1 aromatic heterocycles. The lowest BCUT2D eigenvalue weighted by molar-refractivity contribution is 0.102. The van der Waals surface area contributed by atoms with E-state index in [4.69, 9.17) is 0 Å². The van der Waals surface area contributed by atoms with Gasteiger partial charge in [0, 0.05) is 16.6 Å². The zero-order valence-electron chi connectivity index (χ0n) is 10.2. The third-order valence-corrected chi connectivity index (χ3v) is 4.04. The van der Waals surface area contributed by atoms with Gasteiger partial charge in [0.15, 0.2) is 10.9 Å². The Labute approximate surface area is 122 Å². The van der Waals surface area contributed by atoms with Gasteiger partial charge >= 0.3 is 5.69 Å². The summed E-state index contributed by atoms with van der Waals surface area (Å²) in [7, 11) is 0. The molecule has 0 saturated heterocycles. The van der Waals surface area contributed by atoms with Crippen LogP contribution in [0.2, 0.25) is 0 Å². The molecule has 0 radical (unpaired) electrons. The number of thioether (sulfide) groups is 1. The molecular formula is C12H12BrN3O2S. The van der Waals surface area contributed by atoms with Crippen LogP contribution in [0.5, 0.6) is 0 Å². The number of carbonyl (C=O) groups excluding carboxylic acids is 1. The van der Waals surface area contributed by atoms with Gasteiger partial charge in [-0.2, -0.15) is 0 Å². The Morgan fingerprint density at radius 2 is 2.11 bits per heavy atom. The molecule has 5 nitrogen and oxygen atoms in total. The molecule has 0 amide bonds. The first-order valence-electron chi connectivity index (χ1n) is 5.68. The lowest BCUT2D eigenvalue weighted by Crippen LogP contribution is -2.16. The van der Waals surface area contributed by atoms with Crippen molar-refractivity contribution in [3.63, 3.8) is 0 Å². The fourth-order valence-electron chi connectivity index (χ4n) is 1.54. The number of nitrogens with zero attached hydrogens (tertiary/aromatic N) is 2. The average Bonchev–Trinajstić information content (AvgIpc) is 2.77. The van der Waals surface area contributed by atoms with Crippen LogP contribution in [0.4, 0.5) is 0 Å². The Hall–Kier alpha value is -1.34. The number of rotatable bonds is 5. The highest BCUT2D eigenvalue weighted by Crippen LogP contribution is 2.17. The van der Waals surface area contributed by atoms with Gasteiger partial charge in [-0.1, -0.05) is 39.8 Å². The summed E-state index contributed by atoms with van der Waals surface area (Å²) in [5.41, 5.74) is 0.401. The van der Waals surface area contributed by atoms with E-state index in [0.717, 1.165) is 4.47 Å². The molecule has 7 heteroatoms. The molecule has 0 bridgehead atoms. The summed E-state index contributed by atoms with van der Waals surface area (Å²) in [6, 6.07) is 7.19. The number of hydrogen-bond donors (Lipinski definition) is 1. The minimum atomic E-state index is -0.249. The Morgan fingerprint density at radius 1 is 1.42 bits per heavy atom. The predicted molar refractivity (Wildman–Crippen MR) is 77.7 cm³/mol. The van der Waals surface area contributed by atoms with E-state index in [1.54, 1.807) is 12.1 Å². The van der Waals surface area contributed by atoms with Crippen LogP contribution in [0.15, 0.2) is 38.7 Å². The van der Waals surface area contributed by atoms with E-state index < -0.39 is 0 Å². The molecule has 1 N–H and O–H groups in total. The van der Waals surface area contributed by atoms with Crippen LogP contribution in [0.1, 0.15) is 17.3 Å². The van der Waals surface area contributed by atoms with E-state index in [2.05, 4.69) is 26.1 Å². The van der Waals surface area contributed by atoms with Crippen LogP contribution in [-0.2, 0) is 6.54 Å². The van der Waals surface area contributed by atoms with Crippen molar-refractivity contribution in [1.82, 2.24) is 14.8 Å². The third-order valence-electron chi connectivity index (χ3n) is 2.54. The second-order valence-electron chi connectivity index (χ2n) is 3.77. The number of ketones is 1. The molecule has 0 saturated carbocycles. The predicted octanol–water partition coefficient (Wildman–Crippen LogP) is 2.33. The van der Waals surface area contributed by atoms with E-state index in [1.807, 2.05) is 19.1 Å². The fraction of sp³-hybridized carbons (Fsp3) is 0.250. The molecule has 0 unspecified atom stereocenters. The van der Waals surface area contributed by atoms with Crippen LogP contribution in [0, 0.1) is 0 Å². The van der Waals surface area contributed by atoms with Gasteiger partial charge in [-0.3, -0.25) is 9.36 Å². The summed E-state index contributed by atoms with van der Waals surface area (Å²) >= 11 is 4.58. The topological polar surface area (TPSA) is 67.8 Å². The summed E-state index contributed by atoms with van der Waals surface area (Å²) < 4.78 is 2.43. The molecule has 0 aliphatic carbocycles. The summed E-state index contributed by atoms with van der Waals surface area (Å²) in [5.74, 6) is 0.266. The molecule has 0 atom stereocenters. The first-order valence-corrected chi connectivity index (χ1v) is 7.46. The van der Waals surface area contributed by atoms with Crippen molar-refractivity contribution in [2.24, 2.45) is 0 Å². The van der Waals surface area contributed by atoms with Gasteiger partial charge in [0.2, 0.25) is 0 Å². The SMILES string of the molecule is CCn1c(SCC(=O)c2ccc(Br)cc2)n[nH]c1=O. The van der Waals surface area contributed by atoms with E-state index in [0.29, 0.717) is 17.3 Å². The Morgan fingerprint density at radius 3 is 2.74 bits per heavy atom. The summed E-state index contributed by atoms with van der Waals surface area (Å²) in [6.07, 6.45) is 0. The molecule has 1 aromatic carbocycles. The molecule has 0 fully saturated rings. The van der Waals surface area contributed by atoms with Crippen molar-refractivity contribution in [1.29, 1.82) is 0 Å². The van der Waals surface area contributed by atoms with Crippen molar-refractivity contribution in [2.45, 2.75) is 18.6 Å². The minimum absolute atomic E-state index is 0.00982. The average molecular weight is 342 g/mol. The maximum absolute atomic E-state index is 12.0. The number of carbonyl (C=O) groups is 1. The van der Waals surface area contributed by atoms with Gasteiger partial charge in [-0.25, -0.2) is 9.89 Å². The summed E-state index contributed by atoms with van der Waals surface area (Å²) in [5, 5.41) is 6.81. The Bertz CT molecular complexity index is 633. The lowest BCUT2D eigenvalue weighted by Gasteiger charge is -2.02. The molecule has 0 spiro atoms. The third kappa shape index (κ3) is 3.36. The minimum Gasteiger partial charge on any atom is -0.293 e. The molecule has 1 heterocycles. The van der Waals surface area contributed by atoms with Gasteiger partial charge in [0.05, 0.1) is 5.75 Å². The number of nitrogens with one attached hydrogen (secondary N) is 1.